The Balaban J connectivity index is 1.41. The van der Waals surface area contributed by atoms with Crippen molar-refractivity contribution in [2.75, 3.05) is 41.3 Å². The minimum Gasteiger partial charge on any atom is -0.353 e. The van der Waals surface area contributed by atoms with Crippen molar-refractivity contribution >= 4 is 17.7 Å². The molecule has 0 aromatic carbocycles. The maximum atomic E-state index is 4.83. The van der Waals surface area contributed by atoms with Gasteiger partial charge in [0.25, 0.3) is 0 Å². The van der Waals surface area contributed by atoms with E-state index in [2.05, 4.69) is 43.1 Å². The van der Waals surface area contributed by atoms with Gasteiger partial charge in [-0.1, -0.05) is 25.7 Å². The fourth-order valence-electron chi connectivity index (χ4n) is 3.97. The Morgan fingerprint density at radius 2 is 1.56 bits per heavy atom. The highest BCUT2D eigenvalue weighted by atomic mass is 15.3. The monoisotopic (exact) mass is 367 g/mol. The van der Waals surface area contributed by atoms with Gasteiger partial charge < -0.3 is 15.1 Å². The molecule has 1 N–H and O–H groups in total. The highest BCUT2D eigenvalue weighted by Crippen LogP contribution is 2.22. The summed E-state index contributed by atoms with van der Waals surface area (Å²) in [4.78, 5) is 22.8. The van der Waals surface area contributed by atoms with E-state index in [1.165, 1.54) is 38.5 Å². The minimum absolute atomic E-state index is 0.509. The Bertz CT molecular complexity index is 720. The van der Waals surface area contributed by atoms with E-state index >= 15 is 0 Å². The number of anilines is 3. The molecule has 0 radical (unpaired) electrons. The summed E-state index contributed by atoms with van der Waals surface area (Å²) in [5, 5.41) is 3.60. The predicted octanol–water partition coefficient (Wildman–Crippen LogP) is 3.04. The van der Waals surface area contributed by atoms with Crippen LogP contribution < -0.4 is 15.1 Å². The van der Waals surface area contributed by atoms with Gasteiger partial charge in [-0.25, -0.2) is 15.0 Å². The molecule has 1 aliphatic carbocycles. The number of nitrogens with one attached hydrogen (secondary N) is 1. The third-order valence-corrected chi connectivity index (χ3v) is 5.47. The SMILES string of the molecule is Cc1cc(N2CCN(c3ncccn3)CC2)nc(NC2CCCCCC2)n1. The topological polar surface area (TPSA) is 70.1 Å². The average Bonchev–Trinajstić information content (AvgIpc) is 2.97. The zero-order valence-electron chi connectivity index (χ0n) is 16.1. The summed E-state index contributed by atoms with van der Waals surface area (Å²) in [5.74, 6) is 2.62. The molecule has 1 saturated heterocycles. The Morgan fingerprint density at radius 3 is 2.26 bits per heavy atom. The Morgan fingerprint density at radius 1 is 0.889 bits per heavy atom. The molecule has 4 rings (SSSR count). The van der Waals surface area contributed by atoms with Crippen molar-refractivity contribution < 1.29 is 0 Å². The van der Waals surface area contributed by atoms with Crippen LogP contribution in [0.15, 0.2) is 24.5 Å². The minimum atomic E-state index is 0.509. The van der Waals surface area contributed by atoms with Crippen LogP contribution in [0.25, 0.3) is 0 Å². The number of aryl methyl sites for hydroxylation is 1. The van der Waals surface area contributed by atoms with E-state index in [9.17, 15) is 0 Å². The zero-order chi connectivity index (χ0) is 18.5. The first kappa shape index (κ1) is 17.9. The van der Waals surface area contributed by atoms with E-state index in [0.717, 1.165) is 49.6 Å². The van der Waals surface area contributed by atoms with Gasteiger partial charge in [0.15, 0.2) is 0 Å². The van der Waals surface area contributed by atoms with Gasteiger partial charge in [0, 0.05) is 56.4 Å². The molecule has 7 heteroatoms. The van der Waals surface area contributed by atoms with Crippen LogP contribution in [0.1, 0.15) is 44.2 Å². The maximum absolute atomic E-state index is 4.83. The molecule has 27 heavy (non-hydrogen) atoms. The highest BCUT2D eigenvalue weighted by molar-refractivity contribution is 5.47. The molecule has 3 heterocycles. The molecule has 2 aromatic rings. The molecule has 2 fully saturated rings. The van der Waals surface area contributed by atoms with Crippen molar-refractivity contribution in [1.29, 1.82) is 0 Å². The van der Waals surface area contributed by atoms with Crippen molar-refractivity contribution in [3.63, 3.8) is 0 Å². The lowest BCUT2D eigenvalue weighted by Crippen LogP contribution is -2.47. The van der Waals surface area contributed by atoms with Gasteiger partial charge in [-0.3, -0.25) is 0 Å². The Labute approximate surface area is 161 Å². The largest absolute Gasteiger partial charge is 0.353 e. The molecule has 2 aliphatic rings. The van der Waals surface area contributed by atoms with Gasteiger partial charge in [-0.2, -0.15) is 4.98 Å². The maximum Gasteiger partial charge on any atom is 0.225 e. The zero-order valence-corrected chi connectivity index (χ0v) is 16.1. The summed E-state index contributed by atoms with van der Waals surface area (Å²) in [6, 6.07) is 4.45. The Hall–Kier alpha value is -2.44. The number of aromatic nitrogens is 4. The van der Waals surface area contributed by atoms with Crippen molar-refractivity contribution in [3.05, 3.63) is 30.2 Å². The number of hydrogen-bond acceptors (Lipinski definition) is 7. The van der Waals surface area contributed by atoms with Crippen molar-refractivity contribution in [2.24, 2.45) is 0 Å². The van der Waals surface area contributed by atoms with Crippen LogP contribution in [0.4, 0.5) is 17.7 Å². The highest BCUT2D eigenvalue weighted by Gasteiger charge is 2.21. The second-order valence-electron chi connectivity index (χ2n) is 7.55. The summed E-state index contributed by atoms with van der Waals surface area (Å²) in [6.45, 7) is 5.68. The summed E-state index contributed by atoms with van der Waals surface area (Å²) in [5.41, 5.74) is 1.02. The van der Waals surface area contributed by atoms with Gasteiger partial charge in [-0.05, 0) is 25.8 Å². The molecule has 7 nitrogen and oxygen atoms in total. The summed E-state index contributed by atoms with van der Waals surface area (Å²) in [7, 11) is 0. The molecule has 1 aliphatic heterocycles. The summed E-state index contributed by atoms with van der Waals surface area (Å²) >= 11 is 0. The predicted molar refractivity (Wildman–Crippen MR) is 108 cm³/mol. The van der Waals surface area contributed by atoms with Crippen LogP contribution in [-0.2, 0) is 0 Å². The van der Waals surface area contributed by atoms with Crippen LogP contribution >= 0.6 is 0 Å². The van der Waals surface area contributed by atoms with E-state index in [4.69, 9.17) is 4.98 Å². The fourth-order valence-corrected chi connectivity index (χ4v) is 3.97. The summed E-state index contributed by atoms with van der Waals surface area (Å²) in [6.07, 6.45) is 11.4. The molecule has 144 valence electrons. The van der Waals surface area contributed by atoms with Crippen LogP contribution in [-0.4, -0.2) is 52.2 Å². The molecule has 1 saturated carbocycles. The summed E-state index contributed by atoms with van der Waals surface area (Å²) < 4.78 is 0. The van der Waals surface area contributed by atoms with Gasteiger partial charge in [0.1, 0.15) is 5.82 Å². The van der Waals surface area contributed by atoms with E-state index in [1.807, 2.05) is 6.07 Å². The first-order chi connectivity index (χ1) is 13.3. The van der Waals surface area contributed by atoms with Crippen LogP contribution in [0.3, 0.4) is 0 Å². The lowest BCUT2D eigenvalue weighted by molar-refractivity contribution is 0.611. The lowest BCUT2D eigenvalue weighted by Gasteiger charge is -2.35. The van der Waals surface area contributed by atoms with Crippen molar-refractivity contribution in [2.45, 2.75) is 51.5 Å². The molecule has 0 unspecified atom stereocenters. The number of piperazine rings is 1. The molecule has 0 bridgehead atoms. The first-order valence-corrected chi connectivity index (χ1v) is 10.2. The molecule has 0 atom stereocenters. The Kier molecular flexibility index (Phi) is 5.65. The van der Waals surface area contributed by atoms with Crippen LogP contribution in [0, 0.1) is 6.92 Å². The fraction of sp³-hybridized carbons (Fsp3) is 0.600. The number of nitrogens with zero attached hydrogens (tertiary/aromatic N) is 6. The first-order valence-electron chi connectivity index (χ1n) is 10.2. The number of hydrogen-bond donors (Lipinski definition) is 1. The quantitative estimate of drug-likeness (QED) is 0.833. The second kappa shape index (κ2) is 8.50. The van der Waals surface area contributed by atoms with E-state index in [1.54, 1.807) is 12.4 Å². The van der Waals surface area contributed by atoms with Crippen LogP contribution in [0.2, 0.25) is 0 Å². The standard InChI is InChI=1S/C20H29N7/c1-16-15-18(25-19(23-16)24-17-7-4-2-3-5-8-17)26-11-13-27(14-12-26)20-21-9-6-10-22-20/h6,9-10,15,17H,2-5,7-8,11-14H2,1H3,(H,23,24,25). The third-order valence-electron chi connectivity index (χ3n) is 5.47. The normalized spacial score (nSPS) is 19.0. The van der Waals surface area contributed by atoms with E-state index in [-0.39, 0.29) is 0 Å². The smallest absolute Gasteiger partial charge is 0.225 e. The lowest BCUT2D eigenvalue weighted by atomic mass is 10.1. The van der Waals surface area contributed by atoms with Crippen molar-refractivity contribution in [3.8, 4) is 0 Å². The second-order valence-corrected chi connectivity index (χ2v) is 7.55. The molecule has 2 aromatic heterocycles. The van der Waals surface area contributed by atoms with Gasteiger partial charge >= 0.3 is 0 Å². The van der Waals surface area contributed by atoms with Crippen molar-refractivity contribution in [1.82, 2.24) is 19.9 Å². The van der Waals surface area contributed by atoms with E-state index in [0.29, 0.717) is 6.04 Å². The molecular formula is C20H29N7. The van der Waals surface area contributed by atoms with Crippen LogP contribution in [0.5, 0.6) is 0 Å². The van der Waals surface area contributed by atoms with E-state index < -0.39 is 0 Å². The third kappa shape index (κ3) is 4.64. The number of rotatable bonds is 4. The average molecular weight is 368 g/mol. The molecular weight excluding hydrogens is 338 g/mol. The molecule has 0 amide bonds. The van der Waals surface area contributed by atoms with Gasteiger partial charge in [0.05, 0.1) is 0 Å². The van der Waals surface area contributed by atoms with Gasteiger partial charge in [-0.15, -0.1) is 0 Å². The van der Waals surface area contributed by atoms with Gasteiger partial charge in [0.2, 0.25) is 11.9 Å². The molecule has 0 spiro atoms.